The predicted molar refractivity (Wildman–Crippen MR) is 124 cm³/mol. The number of sulfone groups is 1. The van der Waals surface area contributed by atoms with Crippen LogP contribution < -0.4 is 0 Å². The van der Waals surface area contributed by atoms with E-state index in [0.717, 1.165) is 22.6 Å². The summed E-state index contributed by atoms with van der Waals surface area (Å²) in [6.45, 7) is 7.17. The Morgan fingerprint density at radius 2 is 1.94 bits per heavy atom. The number of ether oxygens (including phenoxy) is 1. The van der Waals surface area contributed by atoms with Crippen molar-refractivity contribution < 1.29 is 17.9 Å². The highest BCUT2D eigenvalue weighted by atomic mass is 32.2. The second kappa shape index (κ2) is 9.83. The zero-order valence-electron chi connectivity index (χ0n) is 18.8. The summed E-state index contributed by atoms with van der Waals surface area (Å²) in [6, 6.07) is 10.1. The lowest BCUT2D eigenvalue weighted by atomic mass is 10.2. The van der Waals surface area contributed by atoms with E-state index in [2.05, 4.69) is 41.8 Å². The molecule has 0 saturated carbocycles. The van der Waals surface area contributed by atoms with E-state index in [1.165, 1.54) is 5.56 Å². The Bertz CT molecular complexity index is 1050. The van der Waals surface area contributed by atoms with Crippen molar-refractivity contribution >= 4 is 21.8 Å². The highest BCUT2D eigenvalue weighted by Crippen LogP contribution is 2.23. The van der Waals surface area contributed by atoms with Crippen molar-refractivity contribution in [2.75, 3.05) is 31.8 Å². The fraction of sp³-hybridized carbons (Fsp3) is 0.458. The van der Waals surface area contributed by atoms with Gasteiger partial charge in [0.1, 0.15) is 0 Å². The number of hydrogen-bond donors (Lipinski definition) is 0. The second-order valence-corrected chi connectivity index (χ2v) is 10.5. The summed E-state index contributed by atoms with van der Waals surface area (Å²) in [5.74, 6) is 0.0348. The van der Waals surface area contributed by atoms with Gasteiger partial charge in [-0.2, -0.15) is 0 Å². The van der Waals surface area contributed by atoms with Crippen LogP contribution in [-0.4, -0.2) is 61.6 Å². The third kappa shape index (κ3) is 5.66. The van der Waals surface area contributed by atoms with Crippen LogP contribution >= 0.6 is 0 Å². The Labute approximate surface area is 185 Å². The molecular weight excluding hydrogens is 412 g/mol. The first-order valence-electron chi connectivity index (χ1n) is 10.7. The molecule has 1 atom stereocenters. The van der Waals surface area contributed by atoms with Gasteiger partial charge in [-0.15, -0.1) is 0 Å². The molecule has 0 bridgehead atoms. The molecule has 0 aliphatic carbocycles. The summed E-state index contributed by atoms with van der Waals surface area (Å²) in [4.78, 5) is 14.7. The highest BCUT2D eigenvalue weighted by molar-refractivity contribution is 7.91. The Morgan fingerprint density at radius 1 is 1.23 bits per heavy atom. The van der Waals surface area contributed by atoms with Crippen LogP contribution in [0.15, 0.2) is 36.4 Å². The number of aromatic nitrogens is 1. The van der Waals surface area contributed by atoms with Crippen molar-refractivity contribution in [1.82, 2.24) is 9.47 Å². The predicted octanol–water partition coefficient (Wildman–Crippen LogP) is 3.47. The van der Waals surface area contributed by atoms with Crippen LogP contribution in [0.4, 0.5) is 0 Å². The summed E-state index contributed by atoms with van der Waals surface area (Å²) < 4.78 is 31.1. The zero-order chi connectivity index (χ0) is 22.6. The largest absolute Gasteiger partial charge is 0.385 e. The molecule has 1 aromatic carbocycles. The van der Waals surface area contributed by atoms with E-state index >= 15 is 0 Å². The number of nitrogens with zero attached hydrogens (tertiary/aromatic N) is 2. The maximum absolute atomic E-state index is 13.0. The van der Waals surface area contributed by atoms with Gasteiger partial charge in [-0.3, -0.25) is 4.79 Å². The number of aryl methyl sites for hydroxylation is 2. The molecule has 2 aromatic rings. The molecular formula is C24H32N2O4S. The maximum atomic E-state index is 13.0. The average Bonchev–Trinajstić information content (AvgIpc) is 3.22. The molecule has 1 fully saturated rings. The number of amides is 1. The van der Waals surface area contributed by atoms with E-state index < -0.39 is 9.84 Å². The van der Waals surface area contributed by atoms with Gasteiger partial charge in [0.05, 0.1) is 11.5 Å². The van der Waals surface area contributed by atoms with Crippen LogP contribution in [0.1, 0.15) is 35.4 Å². The van der Waals surface area contributed by atoms with E-state index in [4.69, 9.17) is 4.74 Å². The van der Waals surface area contributed by atoms with E-state index in [1.54, 1.807) is 18.1 Å². The number of carbonyl (C=O) groups excluding carboxylic acids is 1. The average molecular weight is 445 g/mol. The molecule has 0 radical (unpaired) electrons. The van der Waals surface area contributed by atoms with Crippen molar-refractivity contribution in [1.29, 1.82) is 0 Å². The molecule has 1 aromatic heterocycles. The lowest BCUT2D eigenvalue weighted by Gasteiger charge is -2.27. The van der Waals surface area contributed by atoms with E-state index in [0.29, 0.717) is 26.0 Å². The molecule has 0 N–H and O–H groups in total. The van der Waals surface area contributed by atoms with Gasteiger partial charge in [0.25, 0.3) is 0 Å². The minimum atomic E-state index is -3.07. The van der Waals surface area contributed by atoms with Crippen molar-refractivity contribution in [2.45, 2.75) is 39.7 Å². The molecule has 6 nitrogen and oxygen atoms in total. The first-order chi connectivity index (χ1) is 14.7. The van der Waals surface area contributed by atoms with Crippen LogP contribution in [0.2, 0.25) is 0 Å². The molecule has 1 saturated heterocycles. The van der Waals surface area contributed by atoms with Gasteiger partial charge in [-0.05, 0) is 63.5 Å². The molecule has 168 valence electrons. The Morgan fingerprint density at radius 3 is 2.55 bits per heavy atom. The number of hydrogen-bond acceptors (Lipinski definition) is 4. The summed E-state index contributed by atoms with van der Waals surface area (Å²) in [5, 5.41) is 0. The second-order valence-electron chi connectivity index (χ2n) is 8.27. The molecule has 1 aliphatic heterocycles. The Hall–Kier alpha value is -2.38. The van der Waals surface area contributed by atoms with Gasteiger partial charge in [0.15, 0.2) is 9.84 Å². The third-order valence-corrected chi connectivity index (χ3v) is 7.60. The van der Waals surface area contributed by atoms with Crippen molar-refractivity contribution in [2.24, 2.45) is 0 Å². The van der Waals surface area contributed by atoms with Gasteiger partial charge in [-0.1, -0.05) is 17.7 Å². The lowest BCUT2D eigenvalue weighted by molar-refractivity contribution is -0.127. The van der Waals surface area contributed by atoms with Crippen molar-refractivity contribution in [3.63, 3.8) is 0 Å². The fourth-order valence-corrected chi connectivity index (χ4v) is 5.91. The first kappa shape index (κ1) is 23.3. The molecule has 1 amide bonds. The number of rotatable bonds is 8. The van der Waals surface area contributed by atoms with Crippen LogP contribution in [-0.2, 0) is 19.4 Å². The summed E-state index contributed by atoms with van der Waals surface area (Å²) in [6.07, 6.45) is 4.58. The third-order valence-electron chi connectivity index (χ3n) is 5.85. The number of benzene rings is 1. The molecule has 1 unspecified atom stereocenters. The molecule has 2 heterocycles. The highest BCUT2D eigenvalue weighted by Gasteiger charge is 2.33. The topological polar surface area (TPSA) is 68.6 Å². The van der Waals surface area contributed by atoms with Gasteiger partial charge < -0.3 is 14.2 Å². The Balaban J connectivity index is 1.80. The van der Waals surface area contributed by atoms with Crippen LogP contribution in [0, 0.1) is 20.8 Å². The lowest BCUT2D eigenvalue weighted by Crippen LogP contribution is -2.41. The minimum absolute atomic E-state index is 0.0432. The quantitative estimate of drug-likeness (QED) is 0.462. The summed E-state index contributed by atoms with van der Waals surface area (Å²) in [7, 11) is -1.45. The minimum Gasteiger partial charge on any atom is -0.385 e. The smallest absolute Gasteiger partial charge is 0.246 e. The number of carbonyl (C=O) groups is 1. The normalized spacial score (nSPS) is 18.0. The molecule has 31 heavy (non-hydrogen) atoms. The number of methoxy groups -OCH3 is 1. The van der Waals surface area contributed by atoms with Gasteiger partial charge >= 0.3 is 0 Å². The monoisotopic (exact) mass is 444 g/mol. The maximum Gasteiger partial charge on any atom is 0.246 e. The summed E-state index contributed by atoms with van der Waals surface area (Å²) >= 11 is 0. The van der Waals surface area contributed by atoms with Crippen LogP contribution in [0.3, 0.4) is 0 Å². The van der Waals surface area contributed by atoms with Gasteiger partial charge in [0, 0.05) is 49.5 Å². The van der Waals surface area contributed by atoms with Crippen LogP contribution in [0.5, 0.6) is 0 Å². The van der Waals surface area contributed by atoms with E-state index in [-0.39, 0.29) is 23.5 Å². The first-order valence-corrected chi connectivity index (χ1v) is 12.5. The molecule has 7 heteroatoms. The zero-order valence-corrected chi connectivity index (χ0v) is 19.6. The molecule has 3 rings (SSSR count). The molecule has 0 spiro atoms. The van der Waals surface area contributed by atoms with Crippen LogP contribution in [0.25, 0.3) is 11.8 Å². The molecule has 1 aliphatic rings. The van der Waals surface area contributed by atoms with Crippen molar-refractivity contribution in [3.8, 4) is 5.69 Å². The van der Waals surface area contributed by atoms with Crippen molar-refractivity contribution in [3.05, 3.63) is 58.9 Å². The summed E-state index contributed by atoms with van der Waals surface area (Å²) in [5.41, 5.74) is 5.41. The SMILES string of the molecule is COCCCN(C(=O)/C=C/c1cc(C)n(-c2ccc(C)cc2)c1C)C1CCS(=O)(=O)C1. The Kier molecular flexibility index (Phi) is 7.38. The van der Waals surface area contributed by atoms with E-state index in [9.17, 15) is 13.2 Å². The fourth-order valence-electron chi connectivity index (χ4n) is 4.18. The van der Waals surface area contributed by atoms with Gasteiger partial charge in [-0.25, -0.2) is 8.42 Å². The van der Waals surface area contributed by atoms with E-state index in [1.807, 2.05) is 19.9 Å². The standard InChI is InChI=1S/C24H32N2O4S/c1-18-6-9-22(10-7-18)26-19(2)16-21(20(26)3)8-11-24(27)25(13-5-14-30-4)23-12-15-31(28,29)17-23/h6-11,16,23H,5,12-15,17H2,1-4H3/b11-8+. The van der Waals surface area contributed by atoms with Gasteiger partial charge in [0.2, 0.25) is 5.91 Å².